The van der Waals surface area contributed by atoms with E-state index in [1.807, 2.05) is 6.92 Å². The van der Waals surface area contributed by atoms with Gasteiger partial charge in [-0.2, -0.15) is 0 Å². The summed E-state index contributed by atoms with van der Waals surface area (Å²) in [5.41, 5.74) is 0. The summed E-state index contributed by atoms with van der Waals surface area (Å²) in [5.74, 6) is 0. The van der Waals surface area contributed by atoms with Crippen LogP contribution in [0.15, 0.2) is 0 Å². The van der Waals surface area contributed by atoms with Crippen molar-refractivity contribution < 1.29 is 36.4 Å². The third-order valence-corrected chi connectivity index (χ3v) is 0.224. The van der Waals surface area contributed by atoms with Crippen LogP contribution in [0.25, 0.3) is 0 Å². The molecule has 0 fully saturated rings. The van der Waals surface area contributed by atoms with Crippen molar-refractivity contribution in [1.82, 2.24) is 0 Å². The molecule has 3 heteroatoms. The Hall–Kier alpha value is 0.803. The van der Waals surface area contributed by atoms with E-state index in [2.05, 4.69) is 0 Å². The first-order valence-electron chi connectivity index (χ1n) is 1.97. The fraction of sp³-hybridized carbons (Fsp3) is 0.800. The summed E-state index contributed by atoms with van der Waals surface area (Å²) in [6, 6.07) is 0. The molecule has 0 unspecified atom stereocenters. The molecule has 0 amide bonds. The summed E-state index contributed by atoms with van der Waals surface area (Å²) in [4.78, 5) is 0. The molecule has 0 atom stereocenters. The number of hydrogen-bond donors (Lipinski definition) is 2. The maximum absolute atomic E-state index is 7.88. The molecule has 0 spiro atoms. The van der Waals surface area contributed by atoms with Gasteiger partial charge in [0.2, 0.25) is 0 Å². The second-order valence-electron chi connectivity index (χ2n) is 0.724. The molecule has 0 radical (unpaired) electrons. The fourth-order valence-electron chi connectivity index (χ4n) is 0. The normalized spacial score (nSPS) is 4.50. The van der Waals surface area contributed by atoms with Crippen molar-refractivity contribution in [3.05, 3.63) is 7.43 Å². The molecule has 2 nitrogen and oxygen atoms in total. The molecule has 0 aliphatic rings. The van der Waals surface area contributed by atoms with Crippen molar-refractivity contribution in [2.24, 2.45) is 0 Å². The minimum atomic E-state index is 0. The van der Waals surface area contributed by atoms with Crippen LogP contribution >= 0.6 is 0 Å². The summed E-state index contributed by atoms with van der Waals surface area (Å²) < 4.78 is 0. The topological polar surface area (TPSA) is 40.5 Å². The summed E-state index contributed by atoms with van der Waals surface area (Å²) in [5, 5.41) is 14.9. The van der Waals surface area contributed by atoms with Crippen LogP contribution in [-0.4, -0.2) is 23.9 Å². The second-order valence-corrected chi connectivity index (χ2v) is 0.724. The van der Waals surface area contributed by atoms with Crippen molar-refractivity contribution in [2.45, 2.75) is 13.3 Å². The van der Waals surface area contributed by atoms with Crippen LogP contribution in [0.1, 0.15) is 13.3 Å². The third-order valence-electron chi connectivity index (χ3n) is 0.224. The first kappa shape index (κ1) is 23.2. The monoisotopic (exact) mass is 197 g/mol. The van der Waals surface area contributed by atoms with Gasteiger partial charge in [-0.25, -0.2) is 0 Å². The van der Waals surface area contributed by atoms with E-state index in [4.69, 9.17) is 10.2 Å². The van der Waals surface area contributed by atoms with Gasteiger partial charge in [-0.3, -0.25) is 0 Å². The van der Waals surface area contributed by atoms with Crippen LogP contribution in [0.2, 0.25) is 0 Å². The van der Waals surface area contributed by atoms with Crippen molar-refractivity contribution in [3.8, 4) is 0 Å². The first-order chi connectivity index (χ1) is 2.91. The Morgan fingerprint density at radius 3 is 1.38 bits per heavy atom. The molecule has 0 aliphatic carbocycles. The molecular formula is C5H15O2Zr-. The summed E-state index contributed by atoms with van der Waals surface area (Å²) in [6.07, 6.45) is 0.875. The molecule has 0 saturated carbocycles. The second kappa shape index (κ2) is 46.0. The van der Waals surface area contributed by atoms with Crippen LogP contribution in [0.5, 0.6) is 0 Å². The first-order valence-corrected chi connectivity index (χ1v) is 1.97. The van der Waals surface area contributed by atoms with E-state index in [0.29, 0.717) is 6.61 Å². The molecular weight excluding hydrogens is 183 g/mol. The van der Waals surface area contributed by atoms with E-state index in [1.54, 1.807) is 0 Å². The molecule has 0 aromatic carbocycles. The van der Waals surface area contributed by atoms with Crippen molar-refractivity contribution in [1.29, 1.82) is 0 Å². The molecule has 8 heavy (non-hydrogen) atoms. The van der Waals surface area contributed by atoms with Crippen LogP contribution < -0.4 is 0 Å². The zero-order chi connectivity index (χ0) is 5.41. The van der Waals surface area contributed by atoms with Crippen molar-refractivity contribution in [2.75, 3.05) is 13.7 Å². The molecule has 0 heterocycles. The zero-order valence-electron chi connectivity index (χ0n) is 5.81. The molecule has 0 rings (SSSR count). The summed E-state index contributed by atoms with van der Waals surface area (Å²) in [7, 11) is 1.00. The largest absolute Gasteiger partial charge is 0.400 e. The Morgan fingerprint density at radius 2 is 1.38 bits per heavy atom. The Labute approximate surface area is 71.0 Å². The van der Waals surface area contributed by atoms with Gasteiger partial charge in [-0.1, -0.05) is 6.92 Å². The standard InChI is InChI=1S/C3H8O.CH4O.CH3.Zr/c1-2-3-4;1-2;;/h4H,2-3H2,1H3;2H,1H3;1H3;/q;;-1;. The van der Waals surface area contributed by atoms with E-state index in [-0.39, 0.29) is 33.6 Å². The van der Waals surface area contributed by atoms with Crippen molar-refractivity contribution >= 4 is 0 Å². The van der Waals surface area contributed by atoms with Crippen molar-refractivity contribution in [3.63, 3.8) is 0 Å². The maximum Gasteiger partial charge on any atom is 0.0428 e. The van der Waals surface area contributed by atoms with Crippen LogP contribution in [0.3, 0.4) is 0 Å². The minimum absolute atomic E-state index is 0. The number of aliphatic hydroxyl groups excluding tert-OH is 2. The molecule has 52 valence electrons. The molecule has 0 aromatic heterocycles. The van der Waals surface area contributed by atoms with E-state index >= 15 is 0 Å². The average Bonchev–Trinajstić information content (AvgIpc) is 1.72. The minimum Gasteiger partial charge on any atom is -0.400 e. The smallest absolute Gasteiger partial charge is 0.0428 e. The number of aliphatic hydroxyl groups is 2. The van der Waals surface area contributed by atoms with Gasteiger partial charge in [0.15, 0.2) is 0 Å². The van der Waals surface area contributed by atoms with Gasteiger partial charge in [0.25, 0.3) is 0 Å². The van der Waals surface area contributed by atoms with Gasteiger partial charge in [-0.15, -0.1) is 0 Å². The van der Waals surface area contributed by atoms with Gasteiger partial charge in [0, 0.05) is 39.9 Å². The van der Waals surface area contributed by atoms with E-state index in [1.165, 1.54) is 0 Å². The molecule has 0 bridgehead atoms. The molecule has 0 saturated heterocycles. The predicted octanol–water partition coefficient (Wildman–Crippen LogP) is 0.445. The number of hydrogen-bond acceptors (Lipinski definition) is 2. The SMILES string of the molecule is CCCO.CO.[CH3-].[Zr]. The predicted molar refractivity (Wildman–Crippen MR) is 31.9 cm³/mol. The maximum atomic E-state index is 7.88. The van der Waals surface area contributed by atoms with E-state index < -0.39 is 0 Å². The van der Waals surface area contributed by atoms with Gasteiger partial charge in [0.1, 0.15) is 0 Å². The van der Waals surface area contributed by atoms with Crippen LogP contribution in [-0.2, 0) is 26.2 Å². The Kier molecular flexibility index (Phi) is 133. The summed E-state index contributed by atoms with van der Waals surface area (Å²) >= 11 is 0. The van der Waals surface area contributed by atoms with E-state index in [0.717, 1.165) is 13.5 Å². The quantitative estimate of drug-likeness (QED) is 0.601. The van der Waals surface area contributed by atoms with Gasteiger partial charge < -0.3 is 17.6 Å². The Bertz CT molecular complexity index is 12.4. The zero-order valence-corrected chi connectivity index (χ0v) is 8.27. The molecule has 0 aromatic rings. The fourth-order valence-corrected chi connectivity index (χ4v) is 0. The van der Waals surface area contributed by atoms with Crippen LogP contribution in [0, 0.1) is 7.43 Å². The summed E-state index contributed by atoms with van der Waals surface area (Å²) in [6.45, 7) is 2.25. The average molecular weight is 198 g/mol. The van der Waals surface area contributed by atoms with Crippen LogP contribution in [0.4, 0.5) is 0 Å². The van der Waals surface area contributed by atoms with Gasteiger partial charge in [-0.05, 0) is 6.42 Å². The van der Waals surface area contributed by atoms with E-state index in [9.17, 15) is 0 Å². The van der Waals surface area contributed by atoms with Gasteiger partial charge in [0.05, 0.1) is 0 Å². The third kappa shape index (κ3) is 70.5. The number of rotatable bonds is 1. The Balaban J connectivity index is -0.0000000183. The molecule has 0 aliphatic heterocycles. The molecule has 2 N–H and O–H groups in total. The van der Waals surface area contributed by atoms with Gasteiger partial charge >= 0.3 is 0 Å². The Morgan fingerprint density at radius 1 is 1.25 bits per heavy atom.